The van der Waals surface area contributed by atoms with Gasteiger partial charge in [0, 0.05) is 28.1 Å². The second kappa shape index (κ2) is 11.9. The maximum Gasteiger partial charge on any atom is 0.132 e. The summed E-state index contributed by atoms with van der Waals surface area (Å²) in [5.41, 5.74) is 15.0. The van der Waals surface area contributed by atoms with Crippen molar-refractivity contribution in [3.05, 3.63) is 216 Å². The highest BCUT2D eigenvalue weighted by atomic mass is 16.5. The molecular formula is C49H35NO. The Kier molecular flexibility index (Phi) is 6.89. The van der Waals surface area contributed by atoms with Gasteiger partial charge in [-0.05, 0) is 88.2 Å². The molecule has 7 aromatic rings. The summed E-state index contributed by atoms with van der Waals surface area (Å²) in [5, 5.41) is 0. The fraction of sp³-hybridized carbons (Fsp3) is 0.0612. The number of fused-ring (bicyclic) bond motifs is 9. The van der Waals surface area contributed by atoms with Crippen molar-refractivity contribution in [1.29, 1.82) is 0 Å². The summed E-state index contributed by atoms with van der Waals surface area (Å²) in [5.74, 6) is 1.79. The molecule has 1 unspecified atom stereocenters. The highest BCUT2D eigenvalue weighted by Crippen LogP contribution is 2.64. The number of anilines is 2. The summed E-state index contributed by atoms with van der Waals surface area (Å²) in [6, 6.07) is 61.6. The zero-order chi connectivity index (χ0) is 33.8. The van der Waals surface area contributed by atoms with E-state index in [4.69, 9.17) is 4.74 Å². The number of ether oxygens (including phenoxy) is 1. The number of allylic oxidation sites excluding steroid dienone is 3. The number of para-hydroxylation sites is 2. The van der Waals surface area contributed by atoms with Gasteiger partial charge in [0.25, 0.3) is 0 Å². The van der Waals surface area contributed by atoms with Crippen LogP contribution in [0.3, 0.4) is 0 Å². The Bertz CT molecular complexity index is 2510. The van der Waals surface area contributed by atoms with Crippen molar-refractivity contribution >= 4 is 11.4 Å². The normalized spacial score (nSPS) is 16.4. The number of benzene rings is 7. The van der Waals surface area contributed by atoms with Crippen LogP contribution >= 0.6 is 0 Å². The van der Waals surface area contributed by atoms with E-state index >= 15 is 0 Å². The van der Waals surface area contributed by atoms with E-state index in [0.717, 1.165) is 41.3 Å². The molecule has 0 fully saturated rings. The Morgan fingerprint density at radius 3 is 1.88 bits per heavy atom. The third-order valence-corrected chi connectivity index (χ3v) is 10.7. The third-order valence-electron chi connectivity index (χ3n) is 10.7. The summed E-state index contributed by atoms with van der Waals surface area (Å²) in [7, 11) is 0. The molecule has 1 spiro atoms. The first-order valence-corrected chi connectivity index (χ1v) is 17.8. The summed E-state index contributed by atoms with van der Waals surface area (Å²) in [6.07, 6.45) is 9.03. The Labute approximate surface area is 299 Å². The predicted molar refractivity (Wildman–Crippen MR) is 210 cm³/mol. The van der Waals surface area contributed by atoms with Crippen molar-refractivity contribution in [3.63, 3.8) is 0 Å². The smallest absolute Gasteiger partial charge is 0.132 e. The van der Waals surface area contributed by atoms with Crippen molar-refractivity contribution in [2.75, 3.05) is 4.90 Å². The lowest BCUT2D eigenvalue weighted by Gasteiger charge is -2.41. The number of nitrogens with zero attached hydrogens (tertiary/aromatic N) is 1. The second-order valence-electron chi connectivity index (χ2n) is 13.5. The first kappa shape index (κ1) is 29.5. The van der Waals surface area contributed by atoms with Crippen LogP contribution in [0.25, 0.3) is 33.4 Å². The predicted octanol–water partition coefficient (Wildman–Crippen LogP) is 12.9. The maximum absolute atomic E-state index is 6.83. The molecule has 0 N–H and O–H groups in total. The molecule has 1 aliphatic heterocycles. The van der Waals surface area contributed by atoms with Gasteiger partial charge < -0.3 is 9.64 Å². The molecule has 2 nitrogen and oxygen atoms in total. The molecule has 51 heavy (non-hydrogen) atoms. The zero-order valence-electron chi connectivity index (χ0n) is 28.2. The molecule has 2 heteroatoms. The van der Waals surface area contributed by atoms with Crippen LogP contribution in [-0.2, 0) is 5.41 Å². The van der Waals surface area contributed by atoms with Crippen LogP contribution in [-0.4, -0.2) is 0 Å². The molecule has 2 aliphatic carbocycles. The second-order valence-corrected chi connectivity index (χ2v) is 13.5. The molecule has 0 bridgehead atoms. The van der Waals surface area contributed by atoms with E-state index in [9.17, 15) is 0 Å². The van der Waals surface area contributed by atoms with Gasteiger partial charge in [0.15, 0.2) is 0 Å². The van der Waals surface area contributed by atoms with E-state index in [1.165, 1.54) is 55.8 Å². The minimum absolute atomic E-state index is 0.611. The molecule has 0 radical (unpaired) electrons. The summed E-state index contributed by atoms with van der Waals surface area (Å²) < 4.78 is 6.83. The minimum Gasteiger partial charge on any atom is -0.457 e. The van der Waals surface area contributed by atoms with Crippen molar-refractivity contribution in [1.82, 2.24) is 0 Å². The highest BCUT2D eigenvalue weighted by Gasteiger charge is 2.52. The topological polar surface area (TPSA) is 12.5 Å². The quantitative estimate of drug-likeness (QED) is 0.183. The molecule has 0 aromatic heterocycles. The average Bonchev–Trinajstić information content (AvgIpc) is 3.49. The minimum atomic E-state index is -0.611. The maximum atomic E-state index is 6.83. The number of hydrogen-bond acceptors (Lipinski definition) is 2. The monoisotopic (exact) mass is 653 g/mol. The zero-order valence-corrected chi connectivity index (χ0v) is 28.2. The first-order valence-electron chi connectivity index (χ1n) is 17.8. The molecule has 3 aliphatic rings. The van der Waals surface area contributed by atoms with Gasteiger partial charge in [-0.3, -0.25) is 0 Å². The fourth-order valence-corrected chi connectivity index (χ4v) is 8.67. The molecule has 0 saturated heterocycles. The highest BCUT2D eigenvalue weighted by molar-refractivity contribution is 5.94. The van der Waals surface area contributed by atoms with E-state index in [2.05, 4.69) is 193 Å². The first-order chi connectivity index (χ1) is 25.3. The average molecular weight is 654 g/mol. The largest absolute Gasteiger partial charge is 0.457 e. The van der Waals surface area contributed by atoms with Crippen molar-refractivity contribution in [3.8, 4) is 44.9 Å². The van der Waals surface area contributed by atoms with E-state index in [0.29, 0.717) is 0 Å². The molecule has 10 rings (SSSR count). The van der Waals surface area contributed by atoms with Gasteiger partial charge in [-0.2, -0.15) is 0 Å². The molecule has 1 atom stereocenters. The third kappa shape index (κ3) is 4.50. The fourth-order valence-electron chi connectivity index (χ4n) is 8.67. The van der Waals surface area contributed by atoms with Crippen LogP contribution in [0.15, 0.2) is 194 Å². The van der Waals surface area contributed by atoms with E-state index in [-0.39, 0.29) is 0 Å². The lowest BCUT2D eigenvalue weighted by molar-refractivity contribution is 0.437. The molecule has 1 heterocycles. The van der Waals surface area contributed by atoms with Crippen molar-refractivity contribution < 1.29 is 4.74 Å². The van der Waals surface area contributed by atoms with E-state index in [1.54, 1.807) is 0 Å². The van der Waals surface area contributed by atoms with Gasteiger partial charge >= 0.3 is 0 Å². The van der Waals surface area contributed by atoms with Crippen molar-refractivity contribution in [2.24, 2.45) is 0 Å². The Balaban J connectivity index is 1.30. The molecule has 0 saturated carbocycles. The summed E-state index contributed by atoms with van der Waals surface area (Å²) in [6.45, 7) is 0. The van der Waals surface area contributed by atoms with Crippen LogP contribution in [0, 0.1) is 0 Å². The Morgan fingerprint density at radius 2 is 1.10 bits per heavy atom. The Hall–Kier alpha value is -6.38. The molecule has 7 aromatic carbocycles. The molecule has 242 valence electrons. The summed E-state index contributed by atoms with van der Waals surface area (Å²) in [4.78, 5) is 2.46. The van der Waals surface area contributed by atoms with Gasteiger partial charge in [-0.1, -0.05) is 152 Å². The van der Waals surface area contributed by atoms with Crippen LogP contribution < -0.4 is 9.64 Å². The van der Waals surface area contributed by atoms with Gasteiger partial charge in [0.2, 0.25) is 0 Å². The van der Waals surface area contributed by atoms with Crippen LogP contribution in [0.4, 0.5) is 11.4 Å². The SMILES string of the molecule is C1=CC(N(c2ccc3c(c2)C2(c4ccccc4Oc4cccc(-c5ccccc5)c42)c2ccccc2-3)c2ccccc2-c2ccccc2)=CCC1. The Morgan fingerprint density at radius 1 is 0.471 bits per heavy atom. The van der Waals surface area contributed by atoms with E-state index < -0.39 is 5.41 Å². The molecular weight excluding hydrogens is 619 g/mol. The van der Waals surface area contributed by atoms with Crippen LogP contribution in [0.2, 0.25) is 0 Å². The van der Waals surface area contributed by atoms with Crippen molar-refractivity contribution in [2.45, 2.75) is 18.3 Å². The van der Waals surface area contributed by atoms with Gasteiger partial charge in [-0.25, -0.2) is 0 Å². The lowest BCUT2D eigenvalue weighted by Crippen LogP contribution is -2.33. The lowest BCUT2D eigenvalue weighted by atomic mass is 9.64. The summed E-state index contributed by atoms with van der Waals surface area (Å²) >= 11 is 0. The van der Waals surface area contributed by atoms with Crippen LogP contribution in [0.5, 0.6) is 11.5 Å². The standard InChI is InChI=1S/C49H35NO/c1-4-17-34(18-5-1)38-23-11-14-28-45(38)50(36-21-8-3-9-22-36)37-31-32-41-40-24-10-12-26-42(40)49(44(41)33-37)43-27-13-15-29-46(43)51-47-30-16-25-39(48(47)49)35-19-6-2-7-20-35/h1-2,4-8,10-33H,3,9H2. The molecule has 0 amide bonds. The van der Waals surface area contributed by atoms with Gasteiger partial charge in [0.05, 0.1) is 11.1 Å². The number of rotatable bonds is 5. The number of hydrogen-bond donors (Lipinski definition) is 0. The van der Waals surface area contributed by atoms with Gasteiger partial charge in [-0.15, -0.1) is 0 Å². The van der Waals surface area contributed by atoms with Crippen LogP contribution in [0.1, 0.15) is 35.1 Å². The van der Waals surface area contributed by atoms with E-state index in [1.807, 2.05) is 0 Å². The van der Waals surface area contributed by atoms with Gasteiger partial charge in [0.1, 0.15) is 11.5 Å².